The van der Waals surface area contributed by atoms with E-state index in [1.165, 1.54) is 0 Å². The predicted molar refractivity (Wildman–Crippen MR) is 179 cm³/mol. The van der Waals surface area contributed by atoms with Crippen molar-refractivity contribution >= 4 is 24.2 Å². The Balaban J connectivity index is 1.56. The van der Waals surface area contributed by atoms with Gasteiger partial charge >= 0.3 is 18.1 Å². The van der Waals surface area contributed by atoms with E-state index in [2.05, 4.69) is 9.89 Å². The van der Waals surface area contributed by atoms with E-state index in [1.807, 2.05) is 127 Å². The Kier molecular flexibility index (Phi) is 9.70. The average molecular weight is 615 g/mol. The molecule has 4 aromatic rings. The molecule has 2 unspecified atom stereocenters. The van der Waals surface area contributed by atoms with Crippen LogP contribution >= 0.6 is 0 Å². The van der Waals surface area contributed by atoms with E-state index in [1.54, 1.807) is 0 Å². The van der Waals surface area contributed by atoms with Crippen LogP contribution in [0.5, 0.6) is 0 Å². The zero-order valence-corrected chi connectivity index (χ0v) is 25.9. The van der Waals surface area contributed by atoms with Crippen LogP contribution in [0.3, 0.4) is 0 Å². The highest BCUT2D eigenvalue weighted by atomic mass is 16.5. The first kappa shape index (κ1) is 31.0. The van der Waals surface area contributed by atoms with Crippen molar-refractivity contribution in [2.45, 2.75) is 57.8 Å². The summed E-state index contributed by atoms with van der Waals surface area (Å²) in [6.45, 7) is 0.537. The number of carboxylic acid groups (broad SMARTS) is 1. The van der Waals surface area contributed by atoms with E-state index in [4.69, 9.17) is 4.74 Å². The van der Waals surface area contributed by atoms with Crippen LogP contribution in [0.25, 0.3) is 6.08 Å². The number of ether oxygens (including phenoxy) is 1. The predicted octanol–water partition coefficient (Wildman–Crippen LogP) is 8.88. The van der Waals surface area contributed by atoms with E-state index in [-0.39, 0.29) is 31.1 Å². The second-order valence-corrected chi connectivity index (χ2v) is 12.1. The number of hydrogen-bond acceptors (Lipinski definition) is 3. The number of hydrogen-bond donors (Lipinski definition) is 1. The first-order valence-corrected chi connectivity index (χ1v) is 16.1. The second kappa shape index (κ2) is 14.4. The highest BCUT2D eigenvalue weighted by Crippen LogP contribution is 2.46. The molecule has 0 bridgehead atoms. The molecule has 2 atom stereocenters. The van der Waals surface area contributed by atoms with Crippen molar-refractivity contribution in [3.05, 3.63) is 149 Å². The van der Waals surface area contributed by atoms with Crippen LogP contribution in [0.2, 0.25) is 0 Å². The minimum absolute atomic E-state index is 0.0413. The second-order valence-electron chi connectivity index (χ2n) is 12.1. The lowest BCUT2D eigenvalue weighted by molar-refractivity contribution is -0.736. The quantitative estimate of drug-likeness (QED) is 0.201. The summed E-state index contributed by atoms with van der Waals surface area (Å²) in [4.78, 5) is 34.3. The molecule has 1 N–H and O–H groups in total. The van der Waals surface area contributed by atoms with E-state index >= 15 is 0 Å². The highest BCUT2D eigenvalue weighted by Gasteiger charge is 2.62. The van der Waals surface area contributed by atoms with Crippen LogP contribution in [-0.2, 0) is 24.4 Å². The Morgan fingerprint density at radius 2 is 1.30 bits per heavy atom. The normalized spacial score (nSPS) is 21.8. The topological polar surface area (TPSA) is 79.2 Å². The number of nitrogens with zero attached hydrogens (tertiary/aromatic N) is 3. The van der Waals surface area contributed by atoms with Gasteiger partial charge in [0.05, 0.1) is 6.54 Å². The summed E-state index contributed by atoms with van der Waals surface area (Å²) in [5, 5.41) is 11.4. The van der Waals surface area contributed by atoms with Crippen molar-refractivity contribution < 1.29 is 23.9 Å². The Bertz CT molecular complexity index is 1670. The summed E-state index contributed by atoms with van der Waals surface area (Å²) >= 11 is 0. The van der Waals surface area contributed by atoms with Crippen molar-refractivity contribution in [3.8, 4) is 0 Å². The standard InChI is InChI=1S/C39H39N3O4/c43-38(46-29-33-22-12-4-13-23-33)40-37-41(27-31-18-8-2-9-19-31)36(34-24-14-5-15-25-34)35(26-30-16-6-1-7-17-30)42(37,39(44)45)28-32-20-10-3-11-21-32/h1-4,6-13,16-23,26,34,36H,5,14-15,24-25,27-29H2/p+1. The molecule has 1 aliphatic heterocycles. The van der Waals surface area contributed by atoms with Crippen LogP contribution in [-0.4, -0.2) is 38.7 Å². The molecule has 0 aromatic heterocycles. The molecule has 7 heteroatoms. The Labute approximate surface area is 270 Å². The minimum Gasteiger partial charge on any atom is -0.443 e. The largest absolute Gasteiger partial charge is 0.526 e. The number of carbonyl (C=O) groups is 2. The molecule has 234 valence electrons. The summed E-state index contributed by atoms with van der Waals surface area (Å²) in [6.07, 6.45) is 5.39. The minimum atomic E-state index is -1.09. The SMILES string of the molecule is O=C(N=C1N(Cc2ccccc2)C(C2CCCCC2)C(=Cc2ccccc2)[N+]1(Cc1ccccc1)C(=O)O)OCc1ccccc1. The van der Waals surface area contributed by atoms with Gasteiger partial charge in [0.2, 0.25) is 0 Å². The molecule has 1 aliphatic carbocycles. The van der Waals surface area contributed by atoms with Gasteiger partial charge in [0, 0.05) is 11.6 Å². The van der Waals surface area contributed by atoms with Gasteiger partial charge in [-0.2, -0.15) is 4.79 Å². The van der Waals surface area contributed by atoms with Gasteiger partial charge in [-0.25, -0.2) is 4.79 Å². The number of amides is 2. The van der Waals surface area contributed by atoms with E-state index in [0.29, 0.717) is 12.2 Å². The van der Waals surface area contributed by atoms with Crippen LogP contribution < -0.4 is 0 Å². The van der Waals surface area contributed by atoms with Gasteiger partial charge in [-0.3, -0.25) is 4.90 Å². The van der Waals surface area contributed by atoms with Gasteiger partial charge in [-0.15, -0.1) is 9.48 Å². The zero-order valence-electron chi connectivity index (χ0n) is 25.9. The molecular weight excluding hydrogens is 574 g/mol. The summed E-state index contributed by atoms with van der Waals surface area (Å²) in [5.74, 6) is 0.365. The molecule has 1 saturated carbocycles. The Hall–Kier alpha value is -5.01. The summed E-state index contributed by atoms with van der Waals surface area (Å²) in [7, 11) is 0. The van der Waals surface area contributed by atoms with Gasteiger partial charge < -0.3 is 9.84 Å². The van der Waals surface area contributed by atoms with E-state index in [9.17, 15) is 14.7 Å². The van der Waals surface area contributed by atoms with Crippen molar-refractivity contribution in [1.82, 2.24) is 4.90 Å². The van der Waals surface area contributed by atoms with Crippen LogP contribution in [0.1, 0.15) is 54.4 Å². The number of carbonyl (C=O) groups excluding carboxylic acids is 1. The third kappa shape index (κ3) is 6.80. The fourth-order valence-corrected chi connectivity index (χ4v) is 6.92. The molecule has 46 heavy (non-hydrogen) atoms. The van der Waals surface area contributed by atoms with Crippen molar-refractivity contribution in [3.63, 3.8) is 0 Å². The summed E-state index contributed by atoms with van der Waals surface area (Å²) < 4.78 is 5.05. The maximum atomic E-state index is 14.0. The van der Waals surface area contributed by atoms with Crippen LogP contribution in [0.15, 0.2) is 132 Å². The molecular formula is C39H40N3O4+. The van der Waals surface area contributed by atoms with Crippen LogP contribution in [0.4, 0.5) is 9.59 Å². The van der Waals surface area contributed by atoms with Gasteiger partial charge in [0.25, 0.3) is 0 Å². The monoisotopic (exact) mass is 614 g/mol. The molecule has 7 nitrogen and oxygen atoms in total. The van der Waals surface area contributed by atoms with E-state index < -0.39 is 16.7 Å². The molecule has 0 spiro atoms. The third-order valence-corrected chi connectivity index (χ3v) is 9.07. The molecule has 1 saturated heterocycles. The maximum absolute atomic E-state index is 14.0. The molecule has 6 rings (SSSR count). The summed E-state index contributed by atoms with van der Waals surface area (Å²) in [6, 6.07) is 38.6. The smallest absolute Gasteiger partial charge is 0.443 e. The number of quaternary nitrogens is 1. The van der Waals surface area contributed by atoms with Crippen molar-refractivity contribution in [2.24, 2.45) is 10.9 Å². The molecule has 1 heterocycles. The summed E-state index contributed by atoms with van der Waals surface area (Å²) in [5.41, 5.74) is 4.29. The van der Waals surface area contributed by atoms with Crippen molar-refractivity contribution in [1.29, 1.82) is 0 Å². The molecule has 2 fully saturated rings. The van der Waals surface area contributed by atoms with E-state index in [0.717, 1.165) is 54.4 Å². The molecule has 2 amide bonds. The molecule has 4 aromatic carbocycles. The number of aliphatic imine (C=N–C) groups is 1. The molecule has 0 radical (unpaired) electrons. The first-order valence-electron chi connectivity index (χ1n) is 16.1. The van der Waals surface area contributed by atoms with Crippen LogP contribution in [0, 0.1) is 5.92 Å². The van der Waals surface area contributed by atoms with Gasteiger partial charge in [0.15, 0.2) is 5.70 Å². The van der Waals surface area contributed by atoms with Gasteiger partial charge in [-0.1, -0.05) is 141 Å². The van der Waals surface area contributed by atoms with Gasteiger partial charge in [-0.05, 0) is 35.4 Å². The highest BCUT2D eigenvalue weighted by molar-refractivity contribution is 5.94. The lowest BCUT2D eigenvalue weighted by atomic mass is 9.81. The lowest BCUT2D eigenvalue weighted by Crippen LogP contribution is -2.54. The third-order valence-electron chi connectivity index (χ3n) is 9.07. The number of benzene rings is 4. The zero-order chi connectivity index (χ0) is 31.8. The maximum Gasteiger partial charge on any atom is 0.526 e. The van der Waals surface area contributed by atoms with Gasteiger partial charge in [0.1, 0.15) is 19.2 Å². The first-order chi connectivity index (χ1) is 22.5. The Morgan fingerprint density at radius 3 is 1.89 bits per heavy atom. The number of rotatable bonds is 8. The molecule has 2 aliphatic rings. The Morgan fingerprint density at radius 1 is 0.761 bits per heavy atom. The lowest BCUT2D eigenvalue weighted by Gasteiger charge is -2.32. The fourth-order valence-electron chi connectivity index (χ4n) is 6.92. The fraction of sp³-hybridized carbons (Fsp3) is 0.256. The average Bonchev–Trinajstić information content (AvgIpc) is 3.34. The van der Waals surface area contributed by atoms with Crippen molar-refractivity contribution in [2.75, 3.05) is 0 Å². The number of guanidine groups is 1.